The Kier molecular flexibility index (Phi) is 7.12. The van der Waals surface area contributed by atoms with E-state index in [1.807, 2.05) is 6.92 Å². The van der Waals surface area contributed by atoms with Crippen LogP contribution >= 0.6 is 0 Å². The standard InChI is InChI=1S/C25H32N2O5S/c1-18(20-10-9-19-6-3-4-7-21(19)16-20)26-25(28)8-5-13-27(33(2,29)30)22-11-12-23-24(17-22)32-15-14-31-23/h9-12,16-18H,3-8,13-15H2,1-2H3,(H,26,28)/t18-/m1/s1. The van der Waals surface area contributed by atoms with Crippen LogP contribution in [-0.4, -0.2) is 40.3 Å². The van der Waals surface area contributed by atoms with E-state index in [1.165, 1.54) is 34.5 Å². The second-order valence-electron chi connectivity index (χ2n) is 8.79. The van der Waals surface area contributed by atoms with Gasteiger partial charge in [0, 0.05) is 19.0 Å². The number of hydrogen-bond acceptors (Lipinski definition) is 5. The highest BCUT2D eigenvalue weighted by Gasteiger charge is 2.21. The summed E-state index contributed by atoms with van der Waals surface area (Å²) in [5.74, 6) is 1.05. The molecule has 2 aromatic carbocycles. The maximum Gasteiger partial charge on any atom is 0.232 e. The molecule has 0 aromatic heterocycles. The van der Waals surface area contributed by atoms with Crippen molar-refractivity contribution in [2.45, 2.75) is 51.5 Å². The van der Waals surface area contributed by atoms with Crippen LogP contribution in [0, 0.1) is 0 Å². The Morgan fingerprint density at radius 2 is 1.76 bits per heavy atom. The van der Waals surface area contributed by atoms with Gasteiger partial charge in [0.15, 0.2) is 11.5 Å². The first-order valence-corrected chi connectivity index (χ1v) is 13.4. The zero-order valence-corrected chi connectivity index (χ0v) is 20.1. The number of nitrogens with one attached hydrogen (secondary N) is 1. The maximum atomic E-state index is 12.6. The molecule has 0 saturated carbocycles. The number of carbonyl (C=O) groups excluding carboxylic acids is 1. The smallest absolute Gasteiger partial charge is 0.232 e. The van der Waals surface area contributed by atoms with Gasteiger partial charge < -0.3 is 14.8 Å². The lowest BCUT2D eigenvalue weighted by molar-refractivity contribution is -0.121. The van der Waals surface area contributed by atoms with Crippen molar-refractivity contribution >= 4 is 21.6 Å². The van der Waals surface area contributed by atoms with Gasteiger partial charge in [0.25, 0.3) is 0 Å². The molecular formula is C25H32N2O5S. The van der Waals surface area contributed by atoms with Crippen LogP contribution in [0.3, 0.4) is 0 Å². The molecule has 2 aliphatic rings. The highest BCUT2D eigenvalue weighted by Crippen LogP contribution is 2.34. The molecule has 1 amide bonds. The number of carbonyl (C=O) groups is 1. The van der Waals surface area contributed by atoms with E-state index >= 15 is 0 Å². The van der Waals surface area contributed by atoms with Gasteiger partial charge >= 0.3 is 0 Å². The minimum atomic E-state index is -3.51. The second kappa shape index (κ2) is 10.0. The van der Waals surface area contributed by atoms with Crippen molar-refractivity contribution in [3.8, 4) is 11.5 Å². The summed E-state index contributed by atoms with van der Waals surface area (Å²) in [6.45, 7) is 3.10. The Morgan fingerprint density at radius 3 is 2.52 bits per heavy atom. The van der Waals surface area contributed by atoms with E-state index in [4.69, 9.17) is 9.47 Å². The van der Waals surface area contributed by atoms with Gasteiger partial charge in [-0.15, -0.1) is 0 Å². The molecule has 1 N–H and O–H groups in total. The summed E-state index contributed by atoms with van der Waals surface area (Å²) in [6.07, 6.45) is 6.52. The summed E-state index contributed by atoms with van der Waals surface area (Å²) >= 11 is 0. The van der Waals surface area contributed by atoms with Crippen LogP contribution in [0.15, 0.2) is 36.4 Å². The van der Waals surface area contributed by atoms with E-state index in [0.717, 1.165) is 18.4 Å². The Labute approximate surface area is 196 Å². The molecule has 178 valence electrons. The molecule has 1 aliphatic heterocycles. The molecule has 2 aromatic rings. The van der Waals surface area contributed by atoms with Crippen molar-refractivity contribution < 1.29 is 22.7 Å². The van der Waals surface area contributed by atoms with Gasteiger partial charge in [-0.05, 0) is 67.9 Å². The average Bonchev–Trinajstić information content (AvgIpc) is 2.80. The third-order valence-corrected chi connectivity index (χ3v) is 7.42. The summed E-state index contributed by atoms with van der Waals surface area (Å²) in [5.41, 5.74) is 4.43. The topological polar surface area (TPSA) is 84.9 Å². The van der Waals surface area contributed by atoms with Crippen molar-refractivity contribution in [2.24, 2.45) is 0 Å². The summed E-state index contributed by atoms with van der Waals surface area (Å²) in [6, 6.07) is 11.5. The largest absolute Gasteiger partial charge is 0.486 e. The molecule has 1 aliphatic carbocycles. The predicted octanol–water partition coefficient (Wildman–Crippen LogP) is 3.76. The van der Waals surface area contributed by atoms with Crippen molar-refractivity contribution in [1.29, 1.82) is 0 Å². The number of hydrogen-bond donors (Lipinski definition) is 1. The van der Waals surface area contributed by atoms with Crippen LogP contribution in [0.2, 0.25) is 0 Å². The fraction of sp³-hybridized carbons (Fsp3) is 0.480. The number of benzene rings is 2. The molecule has 8 heteroatoms. The highest BCUT2D eigenvalue weighted by molar-refractivity contribution is 7.92. The number of fused-ring (bicyclic) bond motifs is 2. The van der Waals surface area contributed by atoms with Crippen LogP contribution < -0.4 is 19.1 Å². The Bertz CT molecular complexity index is 1120. The molecule has 0 bridgehead atoms. The highest BCUT2D eigenvalue weighted by atomic mass is 32.2. The maximum absolute atomic E-state index is 12.6. The van der Waals surface area contributed by atoms with Gasteiger partial charge in [0.1, 0.15) is 13.2 Å². The predicted molar refractivity (Wildman–Crippen MR) is 128 cm³/mol. The van der Waals surface area contributed by atoms with Gasteiger partial charge in [-0.25, -0.2) is 8.42 Å². The van der Waals surface area contributed by atoms with Gasteiger partial charge in [-0.1, -0.05) is 18.2 Å². The Hall–Kier alpha value is -2.74. The quantitative estimate of drug-likeness (QED) is 0.632. The van der Waals surface area contributed by atoms with Crippen LogP contribution in [0.1, 0.15) is 55.3 Å². The first-order chi connectivity index (χ1) is 15.8. The molecule has 0 spiro atoms. The molecule has 1 heterocycles. The van der Waals surface area contributed by atoms with Crippen molar-refractivity contribution in [3.05, 3.63) is 53.1 Å². The number of ether oxygens (including phenoxy) is 2. The number of aryl methyl sites for hydroxylation is 2. The molecule has 0 fully saturated rings. The molecule has 0 saturated heterocycles. The Balaban J connectivity index is 1.34. The summed E-state index contributed by atoms with van der Waals surface area (Å²) in [5, 5.41) is 3.05. The third-order valence-electron chi connectivity index (χ3n) is 6.23. The molecule has 0 unspecified atom stereocenters. The summed E-state index contributed by atoms with van der Waals surface area (Å²) in [4.78, 5) is 12.6. The van der Waals surface area contributed by atoms with E-state index in [2.05, 4.69) is 23.5 Å². The fourth-order valence-electron chi connectivity index (χ4n) is 4.48. The number of anilines is 1. The van der Waals surface area contributed by atoms with E-state index in [-0.39, 0.29) is 24.9 Å². The van der Waals surface area contributed by atoms with Crippen LogP contribution in [0.5, 0.6) is 11.5 Å². The normalized spacial score (nSPS) is 15.9. The van der Waals surface area contributed by atoms with Gasteiger partial charge in [0.2, 0.25) is 15.9 Å². The summed E-state index contributed by atoms with van der Waals surface area (Å²) in [7, 11) is -3.51. The summed E-state index contributed by atoms with van der Waals surface area (Å²) < 4.78 is 37.2. The van der Waals surface area contributed by atoms with Crippen LogP contribution in [0.4, 0.5) is 5.69 Å². The van der Waals surface area contributed by atoms with Crippen molar-refractivity contribution in [1.82, 2.24) is 5.32 Å². The minimum Gasteiger partial charge on any atom is -0.486 e. The molecular weight excluding hydrogens is 440 g/mol. The first-order valence-electron chi connectivity index (χ1n) is 11.6. The molecule has 7 nitrogen and oxygen atoms in total. The van der Waals surface area contributed by atoms with E-state index in [1.54, 1.807) is 18.2 Å². The lowest BCUT2D eigenvalue weighted by Crippen LogP contribution is -2.32. The number of rotatable bonds is 8. The van der Waals surface area contributed by atoms with Crippen LogP contribution in [0.25, 0.3) is 0 Å². The minimum absolute atomic E-state index is 0.0872. The lowest BCUT2D eigenvalue weighted by Gasteiger charge is -2.25. The lowest BCUT2D eigenvalue weighted by atomic mass is 9.89. The van der Waals surface area contributed by atoms with E-state index in [9.17, 15) is 13.2 Å². The number of sulfonamides is 1. The third kappa shape index (κ3) is 5.79. The van der Waals surface area contributed by atoms with Crippen molar-refractivity contribution in [3.63, 3.8) is 0 Å². The molecule has 33 heavy (non-hydrogen) atoms. The molecule has 4 rings (SSSR count). The van der Waals surface area contributed by atoms with Crippen LogP contribution in [-0.2, 0) is 27.7 Å². The molecule has 0 radical (unpaired) electrons. The van der Waals surface area contributed by atoms with E-state index in [0.29, 0.717) is 36.8 Å². The zero-order chi connectivity index (χ0) is 23.4. The second-order valence-corrected chi connectivity index (χ2v) is 10.7. The fourth-order valence-corrected chi connectivity index (χ4v) is 5.43. The van der Waals surface area contributed by atoms with Gasteiger partial charge in [-0.2, -0.15) is 0 Å². The number of amides is 1. The zero-order valence-electron chi connectivity index (χ0n) is 19.3. The first kappa shape index (κ1) is 23.4. The van der Waals surface area contributed by atoms with Gasteiger partial charge in [-0.3, -0.25) is 9.10 Å². The Morgan fingerprint density at radius 1 is 1.03 bits per heavy atom. The monoisotopic (exact) mass is 472 g/mol. The molecule has 1 atom stereocenters. The van der Waals surface area contributed by atoms with E-state index < -0.39 is 10.0 Å². The number of nitrogens with zero attached hydrogens (tertiary/aromatic N) is 1. The van der Waals surface area contributed by atoms with Gasteiger partial charge in [0.05, 0.1) is 18.0 Å². The average molecular weight is 473 g/mol. The van der Waals surface area contributed by atoms with Crippen molar-refractivity contribution in [2.75, 3.05) is 30.3 Å². The SMILES string of the molecule is C[C@@H](NC(=O)CCCN(c1ccc2c(c1)OCCO2)S(C)(=O)=O)c1ccc2c(c1)CCCC2.